The molecule has 3 nitrogen and oxygen atoms in total. The third-order valence-corrected chi connectivity index (χ3v) is 12.6. The van der Waals surface area contributed by atoms with E-state index in [1.165, 1.54) is 55.5 Å². The first-order chi connectivity index (χ1) is 27.8. The lowest BCUT2D eigenvalue weighted by molar-refractivity contribution is 0.545. The molecule has 3 atom stereocenters. The van der Waals surface area contributed by atoms with Crippen LogP contribution < -0.4 is 0 Å². The Morgan fingerprint density at radius 3 is 2.02 bits per heavy atom. The lowest BCUT2D eigenvalue weighted by atomic mass is 9.65. The summed E-state index contributed by atoms with van der Waals surface area (Å²) < 4.78 is 6.76. The molecule has 12 rings (SSSR count). The van der Waals surface area contributed by atoms with Crippen LogP contribution in [0.2, 0.25) is 0 Å². The summed E-state index contributed by atoms with van der Waals surface area (Å²) in [6.45, 7) is 0. The molecule has 4 aliphatic rings. The van der Waals surface area contributed by atoms with Crippen LogP contribution >= 0.6 is 0 Å². The summed E-state index contributed by atoms with van der Waals surface area (Å²) in [6, 6.07) is 53.2. The van der Waals surface area contributed by atoms with E-state index in [2.05, 4.69) is 176 Å². The zero-order chi connectivity index (χ0) is 36.8. The van der Waals surface area contributed by atoms with Crippen molar-refractivity contribution in [3.63, 3.8) is 0 Å². The van der Waals surface area contributed by atoms with Crippen molar-refractivity contribution in [3.8, 4) is 45.0 Å². The topological polar surface area (TPSA) is 38.9 Å². The highest BCUT2D eigenvalue weighted by Crippen LogP contribution is 2.62. The number of nitrogens with zero attached hydrogens (tertiary/aromatic N) is 2. The largest absolute Gasteiger partial charge is 0.460 e. The predicted molar refractivity (Wildman–Crippen MR) is 227 cm³/mol. The minimum absolute atomic E-state index is 0.163. The van der Waals surface area contributed by atoms with Gasteiger partial charge in [-0.3, -0.25) is 0 Å². The molecule has 6 aromatic carbocycles. The molecule has 2 aromatic heterocycles. The molecule has 0 N–H and O–H groups in total. The Bertz CT molecular complexity index is 2930. The summed E-state index contributed by atoms with van der Waals surface area (Å²) in [5.41, 5.74) is 16.9. The van der Waals surface area contributed by atoms with Crippen molar-refractivity contribution in [2.24, 2.45) is 0 Å². The minimum atomic E-state index is -0.609. The van der Waals surface area contributed by atoms with E-state index < -0.39 is 5.41 Å². The molecule has 0 aliphatic heterocycles. The van der Waals surface area contributed by atoms with E-state index in [9.17, 15) is 0 Å². The Hall–Kier alpha value is -6.84. The van der Waals surface area contributed by atoms with Gasteiger partial charge in [-0.15, -0.1) is 0 Å². The highest BCUT2D eigenvalue weighted by Gasteiger charge is 2.51. The number of hydrogen-bond donors (Lipinski definition) is 0. The second-order valence-corrected chi connectivity index (χ2v) is 15.5. The average Bonchev–Trinajstić information content (AvgIpc) is 3.75. The molecule has 56 heavy (non-hydrogen) atoms. The van der Waals surface area contributed by atoms with Gasteiger partial charge in [0, 0.05) is 45.9 Å². The van der Waals surface area contributed by atoms with Crippen LogP contribution in [0.4, 0.5) is 0 Å². The van der Waals surface area contributed by atoms with Crippen LogP contribution in [0.3, 0.4) is 0 Å². The zero-order valence-electron chi connectivity index (χ0n) is 30.7. The maximum Gasteiger partial charge on any atom is 0.160 e. The average molecular weight is 717 g/mol. The molecule has 0 radical (unpaired) electrons. The molecule has 0 bridgehead atoms. The highest BCUT2D eigenvalue weighted by atomic mass is 16.3. The summed E-state index contributed by atoms with van der Waals surface area (Å²) in [6.07, 6.45) is 15.7. The standard InChI is InChI=1S/C53H36N2O/c1-3-15-33(16-4-1)48-32-49(55-52(54-48)34-17-5-2-6-18-34)35-27-28-40-37-20-8-7-19-36(37)38-21-9-12-24-44(38)53(46(40)29-35)45-25-13-10-22-39(45)42-30-43-41-23-11-14-26-50(41)56-51(43)31-47(42)53/h1-13,15-25,27-32,36-37H,14,26H2. The third-order valence-electron chi connectivity index (χ3n) is 12.6. The van der Waals surface area contributed by atoms with Gasteiger partial charge in [-0.1, -0.05) is 158 Å². The van der Waals surface area contributed by atoms with E-state index in [1.54, 1.807) is 0 Å². The van der Waals surface area contributed by atoms with Gasteiger partial charge < -0.3 is 4.42 Å². The van der Waals surface area contributed by atoms with Crippen LogP contribution in [0.1, 0.15) is 63.0 Å². The fraction of sp³-hybridized carbons (Fsp3) is 0.0943. The molecule has 4 aliphatic carbocycles. The normalized spacial score (nSPS) is 19.5. The highest BCUT2D eigenvalue weighted by molar-refractivity contribution is 5.99. The molecule has 1 spiro atoms. The Morgan fingerprint density at radius 2 is 1.21 bits per heavy atom. The van der Waals surface area contributed by atoms with Crippen molar-refractivity contribution in [2.75, 3.05) is 0 Å². The summed E-state index contributed by atoms with van der Waals surface area (Å²) in [7, 11) is 0. The first-order valence-corrected chi connectivity index (χ1v) is 19.7. The van der Waals surface area contributed by atoms with E-state index >= 15 is 0 Å². The van der Waals surface area contributed by atoms with E-state index in [-0.39, 0.29) is 11.8 Å². The molecule has 0 saturated carbocycles. The van der Waals surface area contributed by atoms with Crippen LogP contribution in [0, 0.1) is 0 Å². The van der Waals surface area contributed by atoms with Gasteiger partial charge in [-0.05, 0) is 75.2 Å². The van der Waals surface area contributed by atoms with Crippen molar-refractivity contribution >= 4 is 17.0 Å². The minimum Gasteiger partial charge on any atom is -0.460 e. The number of benzene rings is 6. The van der Waals surface area contributed by atoms with E-state index in [0.29, 0.717) is 5.82 Å². The van der Waals surface area contributed by atoms with Gasteiger partial charge in [-0.2, -0.15) is 0 Å². The second kappa shape index (κ2) is 12.1. The van der Waals surface area contributed by atoms with Crippen molar-refractivity contribution in [1.29, 1.82) is 0 Å². The van der Waals surface area contributed by atoms with E-state index in [4.69, 9.17) is 14.4 Å². The summed E-state index contributed by atoms with van der Waals surface area (Å²) in [5.74, 6) is 2.16. The van der Waals surface area contributed by atoms with Crippen LogP contribution in [-0.2, 0) is 11.8 Å². The van der Waals surface area contributed by atoms with Gasteiger partial charge in [0.1, 0.15) is 11.3 Å². The molecule has 0 fully saturated rings. The molecule has 0 saturated heterocycles. The van der Waals surface area contributed by atoms with E-state index in [1.807, 2.05) is 6.07 Å². The third kappa shape index (κ3) is 4.46. The first kappa shape index (κ1) is 31.5. The zero-order valence-corrected chi connectivity index (χ0v) is 30.7. The maximum absolute atomic E-state index is 6.76. The fourth-order valence-electron chi connectivity index (χ4n) is 10.2. The Balaban J connectivity index is 1.19. The van der Waals surface area contributed by atoms with Crippen LogP contribution in [-0.4, -0.2) is 9.97 Å². The van der Waals surface area contributed by atoms with E-state index in [0.717, 1.165) is 52.3 Å². The molecular weight excluding hydrogens is 681 g/mol. The number of aromatic nitrogens is 2. The van der Waals surface area contributed by atoms with Crippen molar-refractivity contribution in [3.05, 3.63) is 221 Å². The van der Waals surface area contributed by atoms with Gasteiger partial charge >= 0.3 is 0 Å². The lowest BCUT2D eigenvalue weighted by Gasteiger charge is -2.35. The number of aryl methyl sites for hydroxylation is 1. The molecule has 2 heterocycles. The van der Waals surface area contributed by atoms with Gasteiger partial charge in [0.15, 0.2) is 5.82 Å². The molecule has 0 amide bonds. The van der Waals surface area contributed by atoms with Crippen molar-refractivity contribution in [2.45, 2.75) is 30.1 Å². The van der Waals surface area contributed by atoms with Gasteiger partial charge in [0.25, 0.3) is 0 Å². The maximum atomic E-state index is 6.76. The second-order valence-electron chi connectivity index (χ2n) is 15.5. The molecular formula is C53H36N2O. The number of hydrogen-bond acceptors (Lipinski definition) is 3. The number of allylic oxidation sites excluding steroid dienone is 5. The molecule has 8 aromatic rings. The molecule has 264 valence electrons. The Kier molecular flexibility index (Phi) is 6.80. The number of rotatable bonds is 3. The molecule has 3 unspecified atom stereocenters. The van der Waals surface area contributed by atoms with Gasteiger partial charge in [0.05, 0.1) is 16.8 Å². The van der Waals surface area contributed by atoms with Gasteiger partial charge in [-0.25, -0.2) is 9.97 Å². The predicted octanol–water partition coefficient (Wildman–Crippen LogP) is 12.9. The van der Waals surface area contributed by atoms with Crippen LogP contribution in [0.15, 0.2) is 180 Å². The Labute approximate surface area is 326 Å². The number of fused-ring (bicyclic) bond motifs is 15. The quantitative estimate of drug-likeness (QED) is 0.183. The number of furan rings is 1. The lowest BCUT2D eigenvalue weighted by Crippen LogP contribution is -2.30. The first-order valence-electron chi connectivity index (χ1n) is 19.7. The van der Waals surface area contributed by atoms with Gasteiger partial charge in [0.2, 0.25) is 0 Å². The monoisotopic (exact) mass is 716 g/mol. The summed E-state index contributed by atoms with van der Waals surface area (Å²) in [5, 5.41) is 1.19. The summed E-state index contributed by atoms with van der Waals surface area (Å²) in [4.78, 5) is 10.5. The SMILES string of the molecule is C1=CC2c3ccccc3C3(c4ccccc4-c4cc5c6c(oc5cc43)CCC=C6)c3cc(-c4cc(-c5ccccc5)nc(-c5ccccc5)n4)ccc3C2C=C1. The van der Waals surface area contributed by atoms with Crippen molar-refractivity contribution < 1.29 is 4.42 Å². The fourth-order valence-corrected chi connectivity index (χ4v) is 10.2. The molecule has 3 heteroatoms. The smallest absolute Gasteiger partial charge is 0.160 e. The summed E-state index contributed by atoms with van der Waals surface area (Å²) >= 11 is 0. The van der Waals surface area contributed by atoms with Crippen LogP contribution in [0.5, 0.6) is 0 Å². The Morgan fingerprint density at radius 1 is 0.536 bits per heavy atom. The van der Waals surface area contributed by atoms with Crippen molar-refractivity contribution in [1.82, 2.24) is 9.97 Å². The van der Waals surface area contributed by atoms with Crippen LogP contribution in [0.25, 0.3) is 62.1 Å².